The number of nitrogens with zero attached hydrogens (tertiary/aromatic N) is 2. The number of aryl methyl sites for hydroxylation is 1. The highest BCUT2D eigenvalue weighted by Crippen LogP contribution is 2.19. The van der Waals surface area contributed by atoms with Crippen molar-refractivity contribution in [2.24, 2.45) is 0 Å². The van der Waals surface area contributed by atoms with Crippen LogP contribution in [0.3, 0.4) is 0 Å². The molecule has 4 heteroatoms. The molecule has 0 N–H and O–H groups in total. The summed E-state index contributed by atoms with van der Waals surface area (Å²) in [6.07, 6.45) is 0. The highest BCUT2D eigenvalue weighted by molar-refractivity contribution is 5.94. The zero-order valence-corrected chi connectivity index (χ0v) is 16.1. The Hall–Kier alpha value is -3.40. The number of amides is 1. The maximum atomic E-state index is 13.0. The molecule has 0 saturated carbocycles. The van der Waals surface area contributed by atoms with Crippen molar-refractivity contribution in [1.82, 2.24) is 9.47 Å². The lowest BCUT2D eigenvalue weighted by molar-refractivity contribution is -0.130. The molecule has 0 spiro atoms. The Morgan fingerprint density at radius 3 is 1.96 bits per heavy atom. The van der Waals surface area contributed by atoms with Crippen molar-refractivity contribution >= 4 is 27.7 Å². The molecule has 0 aliphatic carbocycles. The Kier molecular flexibility index (Phi) is 4.70. The second kappa shape index (κ2) is 7.31. The first-order valence-electron chi connectivity index (χ1n) is 9.34. The van der Waals surface area contributed by atoms with Crippen molar-refractivity contribution in [3.05, 3.63) is 94.1 Å². The number of pyridine rings is 1. The lowest BCUT2D eigenvalue weighted by atomic mass is 10.1. The standard InChI is InChI=1S/C24H22N2O2/c1-17-11-13-18(14-12-17)15-25(2)23(27)16-26-21-9-5-3-7-19(21)24(28)20-8-4-6-10-22(20)26/h3-14H,15-16H2,1-2H3. The number of hydrogen-bond donors (Lipinski definition) is 0. The Labute approximate surface area is 163 Å². The van der Waals surface area contributed by atoms with Crippen molar-refractivity contribution < 1.29 is 4.79 Å². The van der Waals surface area contributed by atoms with Gasteiger partial charge in [-0.1, -0.05) is 54.1 Å². The number of aromatic nitrogens is 1. The Morgan fingerprint density at radius 1 is 0.857 bits per heavy atom. The Morgan fingerprint density at radius 2 is 1.39 bits per heavy atom. The fourth-order valence-electron chi connectivity index (χ4n) is 3.56. The van der Waals surface area contributed by atoms with E-state index in [9.17, 15) is 9.59 Å². The molecule has 0 bridgehead atoms. The van der Waals surface area contributed by atoms with Gasteiger partial charge in [0.05, 0.1) is 11.0 Å². The number of rotatable bonds is 4. The van der Waals surface area contributed by atoms with Crippen LogP contribution in [0, 0.1) is 6.92 Å². The minimum absolute atomic E-state index is 0.000435. The monoisotopic (exact) mass is 370 g/mol. The minimum Gasteiger partial charge on any atom is -0.340 e. The molecule has 1 amide bonds. The molecule has 4 aromatic rings. The van der Waals surface area contributed by atoms with Crippen molar-refractivity contribution in [2.75, 3.05) is 7.05 Å². The molecule has 0 fully saturated rings. The molecular weight excluding hydrogens is 348 g/mol. The van der Waals surface area contributed by atoms with Gasteiger partial charge in [-0.2, -0.15) is 0 Å². The summed E-state index contributed by atoms with van der Waals surface area (Å²) in [5.74, 6) is -0.000435. The van der Waals surface area contributed by atoms with Gasteiger partial charge in [0, 0.05) is 24.4 Å². The largest absolute Gasteiger partial charge is 0.340 e. The van der Waals surface area contributed by atoms with Gasteiger partial charge in [0.25, 0.3) is 0 Å². The average molecular weight is 370 g/mol. The molecule has 1 aromatic heterocycles. The van der Waals surface area contributed by atoms with Crippen LogP contribution in [0.5, 0.6) is 0 Å². The predicted molar refractivity (Wildman–Crippen MR) is 113 cm³/mol. The first-order chi connectivity index (χ1) is 13.5. The van der Waals surface area contributed by atoms with E-state index in [1.54, 1.807) is 4.90 Å². The Bertz CT molecular complexity index is 1160. The van der Waals surface area contributed by atoms with Crippen molar-refractivity contribution in [2.45, 2.75) is 20.0 Å². The van der Waals surface area contributed by atoms with E-state index in [1.807, 2.05) is 79.2 Å². The van der Waals surface area contributed by atoms with E-state index in [-0.39, 0.29) is 17.9 Å². The molecule has 0 saturated heterocycles. The second-order valence-electron chi connectivity index (χ2n) is 7.18. The van der Waals surface area contributed by atoms with E-state index in [2.05, 4.69) is 12.1 Å². The molecule has 4 rings (SSSR count). The number of para-hydroxylation sites is 2. The molecule has 0 atom stereocenters. The number of benzene rings is 3. The molecule has 0 unspecified atom stereocenters. The number of carbonyl (C=O) groups excluding carboxylic acids is 1. The van der Waals surface area contributed by atoms with Gasteiger partial charge in [0.15, 0.2) is 5.43 Å². The van der Waals surface area contributed by atoms with E-state index >= 15 is 0 Å². The van der Waals surface area contributed by atoms with Crippen molar-refractivity contribution in [3.63, 3.8) is 0 Å². The smallest absolute Gasteiger partial charge is 0.242 e. The van der Waals surface area contributed by atoms with Crippen LogP contribution >= 0.6 is 0 Å². The molecule has 0 radical (unpaired) electrons. The average Bonchev–Trinajstić information content (AvgIpc) is 2.72. The minimum atomic E-state index is -0.000435. The SMILES string of the molecule is Cc1ccc(CN(C)C(=O)Cn2c3ccccc3c(=O)c3ccccc32)cc1. The fraction of sp³-hybridized carbons (Fsp3) is 0.167. The van der Waals surface area contributed by atoms with Crippen LogP contribution in [0.4, 0.5) is 0 Å². The van der Waals surface area contributed by atoms with Crippen LogP contribution < -0.4 is 5.43 Å². The van der Waals surface area contributed by atoms with Gasteiger partial charge in [-0.25, -0.2) is 0 Å². The number of likely N-dealkylation sites (N-methyl/N-ethyl adjacent to an activating group) is 1. The summed E-state index contributed by atoms with van der Waals surface area (Å²) in [6, 6.07) is 23.1. The Balaban J connectivity index is 1.72. The third kappa shape index (κ3) is 3.29. The van der Waals surface area contributed by atoms with Crippen molar-refractivity contribution in [3.8, 4) is 0 Å². The highest BCUT2D eigenvalue weighted by atomic mass is 16.2. The normalized spacial score (nSPS) is 11.1. The lowest BCUT2D eigenvalue weighted by Crippen LogP contribution is -2.30. The van der Waals surface area contributed by atoms with Gasteiger partial charge >= 0.3 is 0 Å². The summed E-state index contributed by atoms with van der Waals surface area (Å²) >= 11 is 0. The molecule has 140 valence electrons. The van der Waals surface area contributed by atoms with E-state index in [4.69, 9.17) is 0 Å². The van der Waals surface area contributed by atoms with Gasteiger partial charge in [-0.05, 0) is 36.8 Å². The summed E-state index contributed by atoms with van der Waals surface area (Å²) in [6.45, 7) is 2.78. The van der Waals surface area contributed by atoms with E-state index in [0.717, 1.165) is 16.6 Å². The molecule has 1 heterocycles. The number of hydrogen-bond acceptors (Lipinski definition) is 2. The van der Waals surface area contributed by atoms with E-state index in [0.29, 0.717) is 17.3 Å². The molecule has 3 aromatic carbocycles. The van der Waals surface area contributed by atoms with Crippen molar-refractivity contribution in [1.29, 1.82) is 0 Å². The first-order valence-corrected chi connectivity index (χ1v) is 9.34. The zero-order chi connectivity index (χ0) is 19.7. The topological polar surface area (TPSA) is 42.3 Å². The first kappa shape index (κ1) is 18.0. The molecule has 4 nitrogen and oxygen atoms in total. The fourth-order valence-corrected chi connectivity index (χ4v) is 3.56. The summed E-state index contributed by atoms with van der Waals surface area (Å²) in [7, 11) is 1.81. The van der Waals surface area contributed by atoms with Crippen LogP contribution in [-0.2, 0) is 17.9 Å². The predicted octanol–water partition coefficient (Wildman–Crippen LogP) is 4.12. The summed E-state index contributed by atoms with van der Waals surface area (Å²) in [5, 5.41) is 1.27. The van der Waals surface area contributed by atoms with Gasteiger partial charge < -0.3 is 9.47 Å². The second-order valence-corrected chi connectivity index (χ2v) is 7.18. The lowest BCUT2D eigenvalue weighted by Gasteiger charge is -2.20. The molecule has 0 aliphatic heterocycles. The highest BCUT2D eigenvalue weighted by Gasteiger charge is 2.15. The third-order valence-corrected chi connectivity index (χ3v) is 5.14. The maximum absolute atomic E-state index is 13.0. The van der Waals surface area contributed by atoms with Crippen LogP contribution in [0.25, 0.3) is 21.8 Å². The van der Waals surface area contributed by atoms with Crippen LogP contribution in [-0.4, -0.2) is 22.4 Å². The molecule has 0 aliphatic rings. The number of carbonyl (C=O) groups is 1. The van der Waals surface area contributed by atoms with Gasteiger partial charge in [-0.3, -0.25) is 9.59 Å². The molecule has 28 heavy (non-hydrogen) atoms. The maximum Gasteiger partial charge on any atom is 0.242 e. The van der Waals surface area contributed by atoms with Gasteiger partial charge in [0.2, 0.25) is 5.91 Å². The third-order valence-electron chi connectivity index (χ3n) is 5.14. The summed E-state index contributed by atoms with van der Waals surface area (Å²) in [5.41, 5.74) is 3.86. The van der Waals surface area contributed by atoms with E-state index in [1.165, 1.54) is 5.56 Å². The number of fused-ring (bicyclic) bond motifs is 2. The molecular formula is C24H22N2O2. The van der Waals surface area contributed by atoms with E-state index < -0.39 is 0 Å². The zero-order valence-electron chi connectivity index (χ0n) is 16.1. The van der Waals surface area contributed by atoms with Gasteiger partial charge in [0.1, 0.15) is 6.54 Å². The van der Waals surface area contributed by atoms with Gasteiger partial charge in [-0.15, -0.1) is 0 Å². The summed E-state index contributed by atoms with van der Waals surface area (Å²) in [4.78, 5) is 27.5. The van der Waals surface area contributed by atoms with Crippen LogP contribution in [0.2, 0.25) is 0 Å². The summed E-state index contributed by atoms with van der Waals surface area (Å²) < 4.78 is 1.94. The van der Waals surface area contributed by atoms with Crippen LogP contribution in [0.1, 0.15) is 11.1 Å². The quantitative estimate of drug-likeness (QED) is 0.507. The van der Waals surface area contributed by atoms with Crippen LogP contribution in [0.15, 0.2) is 77.6 Å².